The molecule has 2 aromatic rings. The van der Waals surface area contributed by atoms with Gasteiger partial charge in [0.25, 0.3) is 0 Å². The summed E-state index contributed by atoms with van der Waals surface area (Å²) < 4.78 is 30.9. The fourth-order valence-corrected chi connectivity index (χ4v) is 3.60. The van der Waals surface area contributed by atoms with E-state index in [1.807, 2.05) is 18.2 Å². The van der Waals surface area contributed by atoms with Gasteiger partial charge in [0.15, 0.2) is 5.11 Å². The second-order valence-corrected chi connectivity index (χ2v) is 8.18. The number of nitrogens with zero attached hydrogens (tertiary/aromatic N) is 1. The molecule has 0 spiro atoms. The standard InChI is InChI=1S/C16H18ClN3O3S2/c1-20(2)25(21,22)15-10-12(7-8-14(15)17)19-16(24)18-11-5-4-6-13(9-11)23-3/h4-10H,1-3H3,(H2,18,19,24). The zero-order valence-electron chi connectivity index (χ0n) is 13.9. The Morgan fingerprint density at radius 1 is 1.12 bits per heavy atom. The SMILES string of the molecule is COc1cccc(NC(=S)Nc2ccc(Cl)c(S(=O)(=O)N(C)C)c2)c1. The number of anilines is 2. The smallest absolute Gasteiger partial charge is 0.244 e. The van der Waals surface area contributed by atoms with Crippen LogP contribution in [-0.2, 0) is 10.0 Å². The Labute approximate surface area is 157 Å². The van der Waals surface area contributed by atoms with Crippen molar-refractivity contribution >= 4 is 50.3 Å². The van der Waals surface area contributed by atoms with E-state index in [4.69, 9.17) is 28.6 Å². The number of hydrogen-bond donors (Lipinski definition) is 2. The van der Waals surface area contributed by atoms with E-state index in [1.165, 1.54) is 26.2 Å². The van der Waals surface area contributed by atoms with E-state index >= 15 is 0 Å². The molecule has 2 aromatic carbocycles. The fraction of sp³-hybridized carbons (Fsp3) is 0.188. The van der Waals surface area contributed by atoms with Crippen molar-refractivity contribution in [2.75, 3.05) is 31.8 Å². The molecular formula is C16H18ClN3O3S2. The molecule has 0 fully saturated rings. The van der Waals surface area contributed by atoms with Crippen LogP contribution in [0.15, 0.2) is 47.4 Å². The molecule has 0 heterocycles. The van der Waals surface area contributed by atoms with Gasteiger partial charge >= 0.3 is 0 Å². The number of halogens is 1. The topological polar surface area (TPSA) is 70.7 Å². The van der Waals surface area contributed by atoms with E-state index in [1.54, 1.807) is 19.2 Å². The van der Waals surface area contributed by atoms with Gasteiger partial charge in [-0.05, 0) is 42.5 Å². The summed E-state index contributed by atoms with van der Waals surface area (Å²) in [7, 11) is 0.817. The highest BCUT2D eigenvalue weighted by Crippen LogP contribution is 2.27. The first-order valence-electron chi connectivity index (χ1n) is 7.18. The predicted molar refractivity (Wildman–Crippen MR) is 105 cm³/mol. The number of thiocarbonyl (C=S) groups is 1. The highest BCUT2D eigenvalue weighted by molar-refractivity contribution is 7.89. The monoisotopic (exact) mass is 399 g/mol. The van der Waals surface area contributed by atoms with Crippen molar-refractivity contribution in [3.63, 3.8) is 0 Å². The second kappa shape index (κ2) is 8.01. The van der Waals surface area contributed by atoms with Crippen LogP contribution in [0, 0.1) is 0 Å². The van der Waals surface area contributed by atoms with Gasteiger partial charge in [-0.1, -0.05) is 17.7 Å². The van der Waals surface area contributed by atoms with E-state index in [2.05, 4.69) is 10.6 Å². The largest absolute Gasteiger partial charge is 0.497 e. The minimum atomic E-state index is -3.65. The van der Waals surface area contributed by atoms with Crippen molar-refractivity contribution in [1.29, 1.82) is 0 Å². The normalized spacial score (nSPS) is 11.2. The second-order valence-electron chi connectivity index (χ2n) is 5.24. The number of nitrogens with one attached hydrogen (secondary N) is 2. The van der Waals surface area contributed by atoms with Gasteiger partial charge in [0.2, 0.25) is 10.0 Å². The van der Waals surface area contributed by atoms with Crippen LogP contribution in [0.2, 0.25) is 5.02 Å². The first kappa shape index (κ1) is 19.5. The molecule has 134 valence electrons. The van der Waals surface area contributed by atoms with Gasteiger partial charge < -0.3 is 15.4 Å². The van der Waals surface area contributed by atoms with Crippen LogP contribution in [0.5, 0.6) is 5.75 Å². The van der Waals surface area contributed by atoms with Crippen LogP contribution < -0.4 is 15.4 Å². The molecule has 0 aliphatic heterocycles. The molecule has 0 unspecified atom stereocenters. The fourth-order valence-electron chi connectivity index (χ4n) is 1.97. The molecule has 0 atom stereocenters. The Hall–Kier alpha value is -1.87. The van der Waals surface area contributed by atoms with Crippen LogP contribution in [0.25, 0.3) is 0 Å². The highest BCUT2D eigenvalue weighted by atomic mass is 35.5. The maximum Gasteiger partial charge on any atom is 0.244 e. The minimum absolute atomic E-state index is 0.00773. The Balaban J connectivity index is 2.19. The van der Waals surface area contributed by atoms with Crippen molar-refractivity contribution in [3.8, 4) is 5.75 Å². The first-order chi connectivity index (χ1) is 11.7. The highest BCUT2D eigenvalue weighted by Gasteiger charge is 2.21. The summed E-state index contributed by atoms with van der Waals surface area (Å²) in [6, 6.07) is 11.9. The zero-order valence-corrected chi connectivity index (χ0v) is 16.3. The number of rotatable bonds is 5. The van der Waals surface area contributed by atoms with Gasteiger partial charge in [-0.2, -0.15) is 0 Å². The average Bonchev–Trinajstić information content (AvgIpc) is 2.56. The predicted octanol–water partition coefficient (Wildman–Crippen LogP) is 3.41. The van der Waals surface area contributed by atoms with Crippen molar-refractivity contribution in [3.05, 3.63) is 47.5 Å². The molecule has 0 aliphatic carbocycles. The van der Waals surface area contributed by atoms with Crippen molar-refractivity contribution in [1.82, 2.24) is 4.31 Å². The molecule has 0 radical (unpaired) electrons. The summed E-state index contributed by atoms with van der Waals surface area (Å²) in [5.41, 5.74) is 1.25. The summed E-state index contributed by atoms with van der Waals surface area (Å²) in [6.07, 6.45) is 0. The quantitative estimate of drug-likeness (QED) is 0.751. The summed E-state index contributed by atoms with van der Waals surface area (Å²) >= 11 is 11.3. The van der Waals surface area contributed by atoms with Gasteiger partial charge in [0, 0.05) is 31.5 Å². The molecule has 2 rings (SSSR count). The molecule has 0 amide bonds. The van der Waals surface area contributed by atoms with E-state index in [-0.39, 0.29) is 9.92 Å². The molecule has 25 heavy (non-hydrogen) atoms. The number of benzene rings is 2. The summed E-state index contributed by atoms with van der Waals surface area (Å²) in [5.74, 6) is 0.693. The number of hydrogen-bond acceptors (Lipinski definition) is 4. The third-order valence-corrected chi connectivity index (χ3v) is 5.78. The van der Waals surface area contributed by atoms with Gasteiger partial charge in [-0.3, -0.25) is 0 Å². The van der Waals surface area contributed by atoms with E-state index in [9.17, 15) is 8.42 Å². The lowest BCUT2D eigenvalue weighted by Crippen LogP contribution is -2.23. The number of ether oxygens (including phenoxy) is 1. The molecule has 0 bridgehead atoms. The number of methoxy groups -OCH3 is 1. The molecule has 0 aromatic heterocycles. The average molecular weight is 400 g/mol. The molecule has 6 nitrogen and oxygen atoms in total. The summed E-state index contributed by atoms with van der Waals surface area (Å²) in [6.45, 7) is 0. The van der Waals surface area contributed by atoms with Crippen molar-refractivity contribution < 1.29 is 13.2 Å². The molecule has 0 aliphatic rings. The molecule has 2 N–H and O–H groups in total. The van der Waals surface area contributed by atoms with E-state index in [0.29, 0.717) is 16.5 Å². The lowest BCUT2D eigenvalue weighted by molar-refractivity contribution is 0.415. The number of sulfonamides is 1. The van der Waals surface area contributed by atoms with Crippen LogP contribution >= 0.6 is 23.8 Å². The maximum atomic E-state index is 12.3. The molecule has 0 saturated carbocycles. The Morgan fingerprint density at radius 3 is 2.36 bits per heavy atom. The summed E-state index contributed by atoms with van der Waals surface area (Å²) in [5, 5.41) is 6.41. The van der Waals surface area contributed by atoms with E-state index < -0.39 is 10.0 Å². The van der Waals surface area contributed by atoms with Crippen molar-refractivity contribution in [2.45, 2.75) is 4.90 Å². The van der Waals surface area contributed by atoms with Gasteiger partial charge in [-0.15, -0.1) is 0 Å². The Kier molecular flexibility index (Phi) is 6.23. The van der Waals surface area contributed by atoms with Gasteiger partial charge in [0.05, 0.1) is 12.1 Å². The van der Waals surface area contributed by atoms with E-state index in [0.717, 1.165) is 9.99 Å². The first-order valence-corrected chi connectivity index (χ1v) is 9.41. The van der Waals surface area contributed by atoms with Gasteiger partial charge in [0.1, 0.15) is 10.6 Å². The van der Waals surface area contributed by atoms with Gasteiger partial charge in [-0.25, -0.2) is 12.7 Å². The van der Waals surface area contributed by atoms with Crippen LogP contribution in [0.4, 0.5) is 11.4 Å². The lowest BCUT2D eigenvalue weighted by Gasteiger charge is -2.15. The molecule has 0 saturated heterocycles. The minimum Gasteiger partial charge on any atom is -0.497 e. The summed E-state index contributed by atoms with van der Waals surface area (Å²) in [4.78, 5) is 0.00773. The Bertz CT molecular complexity index is 886. The van der Waals surface area contributed by atoms with Crippen LogP contribution in [0.1, 0.15) is 0 Å². The lowest BCUT2D eigenvalue weighted by atomic mass is 10.3. The third-order valence-electron chi connectivity index (χ3n) is 3.28. The zero-order chi connectivity index (χ0) is 18.6. The Morgan fingerprint density at radius 2 is 1.76 bits per heavy atom. The maximum absolute atomic E-state index is 12.3. The molecular weight excluding hydrogens is 382 g/mol. The van der Waals surface area contributed by atoms with Crippen LogP contribution in [0.3, 0.4) is 0 Å². The van der Waals surface area contributed by atoms with Crippen LogP contribution in [-0.4, -0.2) is 39.0 Å². The molecule has 9 heteroatoms. The van der Waals surface area contributed by atoms with Crippen molar-refractivity contribution in [2.24, 2.45) is 0 Å². The third kappa shape index (κ3) is 4.82.